The number of thioether (sulfide) groups is 1. The Morgan fingerprint density at radius 3 is 2.44 bits per heavy atom. The molecule has 0 radical (unpaired) electrons. The molecule has 1 aromatic carbocycles. The second-order valence-corrected chi connectivity index (χ2v) is 4.56. The fourth-order valence-electron chi connectivity index (χ4n) is 1.53. The number of anilines is 1. The lowest BCUT2D eigenvalue weighted by Crippen LogP contribution is -2.07. The lowest BCUT2D eigenvalue weighted by atomic mass is 10.1. The third-order valence-electron chi connectivity index (χ3n) is 2.47. The molecule has 2 N–H and O–H groups in total. The summed E-state index contributed by atoms with van der Waals surface area (Å²) in [5.74, 6) is 0.675. The van der Waals surface area contributed by atoms with E-state index in [1.54, 1.807) is 11.8 Å². The van der Waals surface area contributed by atoms with Crippen LogP contribution >= 0.6 is 11.8 Å². The molecule has 1 heterocycles. The lowest BCUT2D eigenvalue weighted by molar-refractivity contribution is 0.311. The first kappa shape index (κ1) is 12.9. The quantitative estimate of drug-likeness (QED) is 0.809. The highest BCUT2D eigenvalue weighted by atomic mass is 32.2. The third-order valence-corrected chi connectivity index (χ3v) is 3.21. The van der Waals surface area contributed by atoms with Gasteiger partial charge in [0, 0.05) is 17.0 Å². The van der Waals surface area contributed by atoms with E-state index in [0.717, 1.165) is 11.3 Å². The van der Waals surface area contributed by atoms with Gasteiger partial charge in [0.1, 0.15) is 5.82 Å². The molecule has 2 rings (SSSR count). The van der Waals surface area contributed by atoms with Crippen LogP contribution in [0, 0.1) is 0 Å². The van der Waals surface area contributed by atoms with Gasteiger partial charge in [0.2, 0.25) is 0 Å². The summed E-state index contributed by atoms with van der Waals surface area (Å²) in [6.45, 7) is 0.566. The Labute approximate surface area is 110 Å². The Morgan fingerprint density at radius 2 is 1.89 bits per heavy atom. The van der Waals surface area contributed by atoms with E-state index < -0.39 is 0 Å². The largest absolute Gasteiger partial charge is 0.395 e. The average Bonchev–Trinajstić information content (AvgIpc) is 2.46. The molecule has 0 unspecified atom stereocenters. The van der Waals surface area contributed by atoms with Crippen molar-refractivity contribution in [3.63, 3.8) is 0 Å². The van der Waals surface area contributed by atoms with E-state index in [4.69, 9.17) is 5.11 Å². The molecule has 2 aromatic rings. The van der Waals surface area contributed by atoms with Crippen LogP contribution in [-0.4, -0.2) is 34.7 Å². The summed E-state index contributed by atoms with van der Waals surface area (Å²) in [6, 6.07) is 12.0. The summed E-state index contributed by atoms with van der Waals surface area (Å²) in [5, 5.41) is 19.9. The normalized spacial score (nSPS) is 10.3. The smallest absolute Gasteiger partial charge is 0.148 e. The van der Waals surface area contributed by atoms with E-state index in [9.17, 15) is 0 Å². The van der Waals surface area contributed by atoms with Gasteiger partial charge in [-0.25, -0.2) is 0 Å². The number of hydrogen-bond donors (Lipinski definition) is 2. The van der Waals surface area contributed by atoms with Crippen molar-refractivity contribution in [2.24, 2.45) is 0 Å². The highest BCUT2D eigenvalue weighted by Crippen LogP contribution is 2.21. The zero-order valence-corrected chi connectivity index (χ0v) is 10.9. The van der Waals surface area contributed by atoms with E-state index in [1.165, 1.54) is 4.90 Å². The zero-order chi connectivity index (χ0) is 12.8. The molecule has 0 atom stereocenters. The summed E-state index contributed by atoms with van der Waals surface area (Å²) >= 11 is 1.71. The van der Waals surface area contributed by atoms with Crippen molar-refractivity contribution < 1.29 is 5.11 Å². The first-order valence-corrected chi connectivity index (χ1v) is 6.89. The molecule has 0 bridgehead atoms. The summed E-state index contributed by atoms with van der Waals surface area (Å²) in [7, 11) is 0. The highest BCUT2D eigenvalue weighted by molar-refractivity contribution is 7.98. The first-order chi connectivity index (χ1) is 8.83. The first-order valence-electron chi connectivity index (χ1n) is 5.66. The van der Waals surface area contributed by atoms with Crippen molar-refractivity contribution in [2.45, 2.75) is 4.90 Å². The van der Waals surface area contributed by atoms with E-state index in [2.05, 4.69) is 33.9 Å². The Kier molecular flexibility index (Phi) is 4.55. The van der Waals surface area contributed by atoms with E-state index in [0.29, 0.717) is 12.4 Å². The fraction of sp³-hybridized carbons (Fsp3) is 0.231. The molecule has 18 heavy (non-hydrogen) atoms. The molecular weight excluding hydrogens is 246 g/mol. The van der Waals surface area contributed by atoms with Gasteiger partial charge in [-0.15, -0.1) is 22.0 Å². The van der Waals surface area contributed by atoms with Crippen LogP contribution in [0.3, 0.4) is 0 Å². The molecular formula is C13H15N3OS. The van der Waals surface area contributed by atoms with Gasteiger partial charge in [0.25, 0.3) is 0 Å². The fourth-order valence-corrected chi connectivity index (χ4v) is 1.93. The van der Waals surface area contributed by atoms with Gasteiger partial charge in [0.05, 0.1) is 12.3 Å². The standard InChI is InChI=1S/C13H15N3OS/c1-18-11-4-2-10(3-5-11)12-6-7-13(16-15-12)14-8-9-17/h2-7,17H,8-9H2,1H3,(H,14,16). The summed E-state index contributed by atoms with van der Waals surface area (Å²) in [5.41, 5.74) is 1.89. The maximum Gasteiger partial charge on any atom is 0.148 e. The predicted molar refractivity (Wildman–Crippen MR) is 74.8 cm³/mol. The second-order valence-electron chi connectivity index (χ2n) is 3.68. The molecule has 0 amide bonds. The van der Waals surface area contributed by atoms with E-state index in [-0.39, 0.29) is 6.61 Å². The van der Waals surface area contributed by atoms with Crippen molar-refractivity contribution in [3.05, 3.63) is 36.4 Å². The maximum atomic E-state index is 8.70. The molecule has 0 aliphatic heterocycles. The van der Waals surface area contributed by atoms with Crippen LogP contribution in [0.2, 0.25) is 0 Å². The molecule has 0 saturated heterocycles. The van der Waals surface area contributed by atoms with Crippen LogP contribution in [-0.2, 0) is 0 Å². The molecule has 4 nitrogen and oxygen atoms in total. The minimum absolute atomic E-state index is 0.0829. The summed E-state index contributed by atoms with van der Waals surface area (Å²) in [4.78, 5) is 1.23. The molecule has 1 aromatic heterocycles. The van der Waals surface area contributed by atoms with E-state index in [1.807, 2.05) is 24.3 Å². The van der Waals surface area contributed by atoms with Crippen molar-refractivity contribution in [3.8, 4) is 11.3 Å². The van der Waals surface area contributed by atoms with Crippen molar-refractivity contribution in [1.82, 2.24) is 10.2 Å². The number of aromatic nitrogens is 2. The predicted octanol–water partition coefficient (Wildman–Crippen LogP) is 2.27. The Bertz CT molecular complexity index is 485. The number of nitrogens with zero attached hydrogens (tertiary/aromatic N) is 2. The third kappa shape index (κ3) is 3.21. The van der Waals surface area contributed by atoms with Crippen LogP contribution < -0.4 is 5.32 Å². The minimum atomic E-state index is 0.0829. The monoisotopic (exact) mass is 261 g/mol. The van der Waals surface area contributed by atoms with Crippen molar-refractivity contribution in [1.29, 1.82) is 0 Å². The molecule has 94 valence electrons. The van der Waals surface area contributed by atoms with Gasteiger partial charge in [-0.2, -0.15) is 0 Å². The lowest BCUT2D eigenvalue weighted by Gasteiger charge is -2.04. The van der Waals surface area contributed by atoms with Crippen LogP contribution in [0.4, 0.5) is 5.82 Å². The number of aliphatic hydroxyl groups is 1. The molecule has 0 aliphatic carbocycles. The average molecular weight is 261 g/mol. The van der Waals surface area contributed by atoms with Crippen LogP contribution in [0.1, 0.15) is 0 Å². The van der Waals surface area contributed by atoms with Crippen LogP contribution in [0.25, 0.3) is 11.3 Å². The molecule has 5 heteroatoms. The van der Waals surface area contributed by atoms with Gasteiger partial charge in [-0.05, 0) is 30.5 Å². The Balaban J connectivity index is 2.12. The maximum absolute atomic E-state index is 8.70. The Morgan fingerprint density at radius 1 is 1.11 bits per heavy atom. The van der Waals surface area contributed by atoms with Gasteiger partial charge >= 0.3 is 0 Å². The summed E-state index contributed by atoms with van der Waals surface area (Å²) in [6.07, 6.45) is 2.05. The van der Waals surface area contributed by atoms with Gasteiger partial charge in [0.15, 0.2) is 0 Å². The zero-order valence-electron chi connectivity index (χ0n) is 10.1. The highest BCUT2D eigenvalue weighted by Gasteiger charge is 2.01. The molecule has 0 fully saturated rings. The second kappa shape index (κ2) is 6.37. The number of nitrogens with one attached hydrogen (secondary N) is 1. The van der Waals surface area contributed by atoms with Gasteiger partial charge < -0.3 is 10.4 Å². The number of aliphatic hydroxyl groups excluding tert-OH is 1. The van der Waals surface area contributed by atoms with Crippen molar-refractivity contribution in [2.75, 3.05) is 24.7 Å². The topological polar surface area (TPSA) is 58.0 Å². The van der Waals surface area contributed by atoms with Crippen LogP contribution in [0.5, 0.6) is 0 Å². The number of rotatable bonds is 5. The minimum Gasteiger partial charge on any atom is -0.395 e. The molecule has 0 aliphatic rings. The van der Waals surface area contributed by atoms with Crippen molar-refractivity contribution >= 4 is 17.6 Å². The van der Waals surface area contributed by atoms with Crippen LogP contribution in [0.15, 0.2) is 41.3 Å². The molecule has 0 spiro atoms. The summed E-state index contributed by atoms with van der Waals surface area (Å²) < 4.78 is 0. The molecule has 0 saturated carbocycles. The number of hydrogen-bond acceptors (Lipinski definition) is 5. The van der Waals surface area contributed by atoms with Gasteiger partial charge in [-0.1, -0.05) is 12.1 Å². The Hall–Kier alpha value is -1.59. The SMILES string of the molecule is CSc1ccc(-c2ccc(NCCO)nn2)cc1. The van der Waals surface area contributed by atoms with E-state index >= 15 is 0 Å². The van der Waals surface area contributed by atoms with Gasteiger partial charge in [-0.3, -0.25) is 0 Å². The number of benzene rings is 1.